The maximum absolute atomic E-state index is 3.56. The van der Waals surface area contributed by atoms with Gasteiger partial charge in [-0.1, -0.05) is 5.57 Å². The molecule has 0 nitrogen and oxygen atoms in total. The van der Waals surface area contributed by atoms with Gasteiger partial charge in [-0.15, -0.1) is 6.58 Å². The van der Waals surface area contributed by atoms with Gasteiger partial charge in [-0.25, -0.2) is 0 Å². The van der Waals surface area contributed by atoms with Crippen molar-refractivity contribution in [3.05, 3.63) is 12.2 Å². The molecule has 0 fully saturated rings. The summed E-state index contributed by atoms with van der Waals surface area (Å²) in [6.07, 6.45) is 0. The number of allylic oxidation sites excluding steroid dienone is 1. The molecule has 0 rings (SSSR count). The molecule has 0 unspecified atom stereocenters. The number of hydrogen-bond acceptors (Lipinski definition) is 0. The van der Waals surface area contributed by atoms with Crippen molar-refractivity contribution in [2.24, 2.45) is 0 Å². The second kappa shape index (κ2) is 4.51. The Kier molecular flexibility index (Phi) is 8.20. The summed E-state index contributed by atoms with van der Waals surface area (Å²) in [7, 11) is 0. The zero-order chi connectivity index (χ0) is 3.58. The molecular weight excluding hydrogens is 72.3 g/mol. The van der Waals surface area contributed by atoms with E-state index in [9.17, 15) is 0 Å². The third-order valence-electron chi connectivity index (χ3n) is 0. The molecule has 0 radical (unpaired) electrons. The molecule has 0 aliphatic heterocycles. The highest BCUT2D eigenvalue weighted by Gasteiger charge is 1.51. The van der Waals surface area contributed by atoms with Crippen LogP contribution in [0.5, 0.6) is 0 Å². The standard InChI is InChI=1S/C4H8.Mg.2H/c1-4(2)3;;;/h1H2,2-3H3;;;. The van der Waals surface area contributed by atoms with Gasteiger partial charge in [-0.05, 0) is 13.8 Å². The van der Waals surface area contributed by atoms with E-state index in [2.05, 4.69) is 6.58 Å². The normalized spacial score (nSPS) is 5.20. The molecule has 28 valence electrons. The third kappa shape index (κ3) is 110. The van der Waals surface area contributed by atoms with Crippen LogP contribution in [0.15, 0.2) is 12.2 Å². The smallest absolute Gasteiger partial charge is 0.100 e. The molecule has 0 saturated carbocycles. The maximum atomic E-state index is 3.56. The van der Waals surface area contributed by atoms with E-state index in [1.165, 1.54) is 5.57 Å². The fourth-order valence-electron chi connectivity index (χ4n) is 0. The molecule has 5 heavy (non-hydrogen) atoms. The fourth-order valence-corrected chi connectivity index (χ4v) is 0. The van der Waals surface area contributed by atoms with Crippen molar-refractivity contribution in [3.63, 3.8) is 0 Å². The average molecular weight is 82.4 g/mol. The second-order valence-corrected chi connectivity index (χ2v) is 1.21. The van der Waals surface area contributed by atoms with Gasteiger partial charge in [-0.2, -0.15) is 0 Å². The van der Waals surface area contributed by atoms with E-state index in [4.69, 9.17) is 0 Å². The van der Waals surface area contributed by atoms with E-state index < -0.39 is 0 Å². The van der Waals surface area contributed by atoms with Crippen LogP contribution in [0.1, 0.15) is 13.8 Å². The summed E-state index contributed by atoms with van der Waals surface area (Å²) in [5, 5.41) is 0. The van der Waals surface area contributed by atoms with Crippen LogP contribution in [-0.2, 0) is 0 Å². The Bertz CT molecular complexity index is 26.6. The molecule has 0 aromatic carbocycles. The molecule has 0 saturated heterocycles. The van der Waals surface area contributed by atoms with E-state index in [0.717, 1.165) is 0 Å². The van der Waals surface area contributed by atoms with Crippen LogP contribution in [0.4, 0.5) is 0 Å². The van der Waals surface area contributed by atoms with Crippen molar-refractivity contribution < 1.29 is 0 Å². The molecule has 0 aliphatic rings. The van der Waals surface area contributed by atoms with E-state index in [1.807, 2.05) is 13.8 Å². The molecule has 0 aromatic heterocycles. The quantitative estimate of drug-likeness (QED) is 0.298. The van der Waals surface area contributed by atoms with Crippen molar-refractivity contribution in [2.75, 3.05) is 0 Å². The second-order valence-electron chi connectivity index (χ2n) is 1.21. The summed E-state index contributed by atoms with van der Waals surface area (Å²) in [5.41, 5.74) is 1.17. The first kappa shape index (κ1) is 9.09. The summed E-state index contributed by atoms with van der Waals surface area (Å²) >= 11 is 0. The van der Waals surface area contributed by atoms with Crippen LogP contribution in [0, 0.1) is 0 Å². The molecule has 1 heteroatoms. The van der Waals surface area contributed by atoms with Crippen molar-refractivity contribution in [1.29, 1.82) is 0 Å². The van der Waals surface area contributed by atoms with Crippen molar-refractivity contribution in [3.8, 4) is 0 Å². The highest BCUT2D eigenvalue weighted by molar-refractivity contribution is 5.75. The van der Waals surface area contributed by atoms with Gasteiger partial charge in [0.2, 0.25) is 0 Å². The third-order valence-corrected chi connectivity index (χ3v) is 0. The van der Waals surface area contributed by atoms with Crippen LogP contribution < -0.4 is 0 Å². The lowest BCUT2D eigenvalue weighted by molar-refractivity contribution is 1.42. The summed E-state index contributed by atoms with van der Waals surface area (Å²) in [4.78, 5) is 0. The average Bonchev–Trinajstić information content (AvgIpc) is 0.811. The first-order valence-corrected chi connectivity index (χ1v) is 1.35. The monoisotopic (exact) mass is 82.1 g/mol. The lowest BCUT2D eigenvalue weighted by atomic mass is 10.4. The van der Waals surface area contributed by atoms with Crippen LogP contribution in [0.2, 0.25) is 0 Å². The van der Waals surface area contributed by atoms with E-state index in [-0.39, 0.29) is 23.1 Å². The Morgan fingerprint density at radius 3 is 1.40 bits per heavy atom. The minimum absolute atomic E-state index is 0. The SMILES string of the molecule is C=C(C)C.[MgH2]. The van der Waals surface area contributed by atoms with Gasteiger partial charge in [0.05, 0.1) is 0 Å². The van der Waals surface area contributed by atoms with Crippen LogP contribution in [0.3, 0.4) is 0 Å². The first-order chi connectivity index (χ1) is 1.73. The fraction of sp³-hybridized carbons (Fsp3) is 0.500. The first-order valence-electron chi connectivity index (χ1n) is 1.35. The van der Waals surface area contributed by atoms with Gasteiger partial charge in [0.1, 0.15) is 0 Å². The van der Waals surface area contributed by atoms with Gasteiger partial charge in [0, 0.05) is 0 Å². The zero-order valence-electron chi connectivity index (χ0n) is 3.21. The topological polar surface area (TPSA) is 0 Å². The maximum Gasteiger partial charge on any atom is 0.316 e. The van der Waals surface area contributed by atoms with E-state index in [1.54, 1.807) is 0 Å². The molecule has 0 N–H and O–H groups in total. The van der Waals surface area contributed by atoms with Gasteiger partial charge in [-0.3, -0.25) is 0 Å². The van der Waals surface area contributed by atoms with Gasteiger partial charge in [0.15, 0.2) is 0 Å². The number of hydrogen-bond donors (Lipinski definition) is 0. The minimum atomic E-state index is 0. The largest absolute Gasteiger partial charge is 0.316 e. The van der Waals surface area contributed by atoms with Gasteiger partial charge >= 0.3 is 23.1 Å². The predicted molar refractivity (Wildman–Crippen MR) is 29.0 cm³/mol. The molecule has 0 aromatic rings. The van der Waals surface area contributed by atoms with Crippen molar-refractivity contribution in [1.82, 2.24) is 0 Å². The molecule has 0 bridgehead atoms. The van der Waals surface area contributed by atoms with Crippen LogP contribution >= 0.6 is 0 Å². The molecule has 0 heterocycles. The van der Waals surface area contributed by atoms with Crippen LogP contribution in [0.25, 0.3) is 0 Å². The molecule has 0 aliphatic carbocycles. The van der Waals surface area contributed by atoms with Gasteiger partial charge < -0.3 is 0 Å². The zero-order valence-corrected chi connectivity index (χ0v) is 3.21. The Hall–Kier alpha value is 0.506. The molecular formula is C4H10Mg. The molecule has 0 amide bonds. The Morgan fingerprint density at radius 1 is 1.40 bits per heavy atom. The summed E-state index contributed by atoms with van der Waals surface area (Å²) in [6, 6.07) is 0. The predicted octanol–water partition coefficient (Wildman–Crippen LogP) is 0.666. The molecule has 0 spiro atoms. The highest BCUT2D eigenvalue weighted by Crippen LogP contribution is 1.73. The lowest BCUT2D eigenvalue weighted by Crippen LogP contribution is -1.43. The summed E-state index contributed by atoms with van der Waals surface area (Å²) in [5.74, 6) is 0. The Labute approximate surface area is 49.4 Å². The Morgan fingerprint density at radius 2 is 1.40 bits per heavy atom. The molecule has 0 atom stereocenters. The van der Waals surface area contributed by atoms with E-state index in [0.29, 0.717) is 0 Å². The lowest BCUT2D eigenvalue weighted by Gasteiger charge is -1.65. The minimum Gasteiger partial charge on any atom is -0.100 e. The van der Waals surface area contributed by atoms with Crippen molar-refractivity contribution >= 4 is 23.1 Å². The number of rotatable bonds is 0. The van der Waals surface area contributed by atoms with Gasteiger partial charge in [0.25, 0.3) is 0 Å². The van der Waals surface area contributed by atoms with Crippen LogP contribution in [-0.4, -0.2) is 23.1 Å². The Balaban J connectivity index is 0. The summed E-state index contributed by atoms with van der Waals surface area (Å²) in [6.45, 7) is 7.50. The van der Waals surface area contributed by atoms with Crippen molar-refractivity contribution in [2.45, 2.75) is 13.8 Å². The summed E-state index contributed by atoms with van der Waals surface area (Å²) < 4.78 is 0. The highest BCUT2D eigenvalue weighted by atomic mass is 24.3. The van der Waals surface area contributed by atoms with E-state index >= 15 is 0 Å².